The fraction of sp³-hybridized carbons (Fsp3) is 0.308. The van der Waals surface area contributed by atoms with Gasteiger partial charge in [0.1, 0.15) is 5.75 Å². The molecule has 0 saturated heterocycles. The molecule has 18 heavy (non-hydrogen) atoms. The van der Waals surface area contributed by atoms with E-state index in [1.54, 1.807) is 30.3 Å². The van der Waals surface area contributed by atoms with Crippen LogP contribution in [-0.4, -0.2) is 26.0 Å². The van der Waals surface area contributed by atoms with Gasteiger partial charge in [-0.15, -0.1) is 0 Å². The first kappa shape index (κ1) is 13.7. The van der Waals surface area contributed by atoms with Crippen LogP contribution in [-0.2, 0) is 9.53 Å². The SMILES string of the molecule is COC(=O)C(C#N)CC(=O)c1cccc(OC)c1. The molecule has 1 aromatic carbocycles. The maximum Gasteiger partial charge on any atom is 0.323 e. The molecule has 0 amide bonds. The van der Waals surface area contributed by atoms with Gasteiger partial charge in [-0.05, 0) is 12.1 Å². The van der Waals surface area contributed by atoms with Gasteiger partial charge in [0.15, 0.2) is 11.7 Å². The molecule has 1 atom stereocenters. The average Bonchev–Trinajstić information content (AvgIpc) is 2.43. The quantitative estimate of drug-likeness (QED) is 0.583. The molecule has 1 rings (SSSR count). The lowest BCUT2D eigenvalue weighted by Gasteiger charge is -2.07. The van der Waals surface area contributed by atoms with Crippen LogP contribution in [0.15, 0.2) is 24.3 Å². The number of benzene rings is 1. The molecule has 0 heterocycles. The Labute approximate surface area is 105 Å². The van der Waals surface area contributed by atoms with Gasteiger partial charge in [0.2, 0.25) is 0 Å². The molecule has 0 fully saturated rings. The van der Waals surface area contributed by atoms with Crippen molar-refractivity contribution in [1.29, 1.82) is 5.26 Å². The van der Waals surface area contributed by atoms with E-state index < -0.39 is 11.9 Å². The van der Waals surface area contributed by atoms with Crippen LogP contribution in [0.3, 0.4) is 0 Å². The number of esters is 1. The molecule has 0 spiro atoms. The summed E-state index contributed by atoms with van der Waals surface area (Å²) in [5, 5.41) is 8.80. The third-order valence-electron chi connectivity index (χ3n) is 2.42. The van der Waals surface area contributed by atoms with Crippen molar-refractivity contribution in [2.75, 3.05) is 14.2 Å². The first-order valence-corrected chi connectivity index (χ1v) is 5.27. The summed E-state index contributed by atoms with van der Waals surface area (Å²) in [6.07, 6.45) is -0.198. The van der Waals surface area contributed by atoms with Crippen molar-refractivity contribution in [3.8, 4) is 11.8 Å². The van der Waals surface area contributed by atoms with E-state index >= 15 is 0 Å². The summed E-state index contributed by atoms with van der Waals surface area (Å²) in [5.74, 6) is -1.53. The number of methoxy groups -OCH3 is 2. The largest absolute Gasteiger partial charge is 0.497 e. The molecule has 0 bridgehead atoms. The highest BCUT2D eigenvalue weighted by Crippen LogP contribution is 2.16. The summed E-state index contributed by atoms with van der Waals surface area (Å²) >= 11 is 0. The number of hydrogen-bond acceptors (Lipinski definition) is 5. The normalized spacial score (nSPS) is 11.2. The van der Waals surface area contributed by atoms with Crippen molar-refractivity contribution < 1.29 is 19.1 Å². The second-order valence-electron chi connectivity index (χ2n) is 3.56. The zero-order valence-electron chi connectivity index (χ0n) is 10.2. The standard InChI is InChI=1S/C13H13NO4/c1-17-11-5-3-4-9(6-11)12(15)7-10(8-14)13(16)18-2/h3-6,10H,7H2,1-2H3. The van der Waals surface area contributed by atoms with E-state index in [0.717, 1.165) is 0 Å². The summed E-state index contributed by atoms with van der Waals surface area (Å²) in [5.41, 5.74) is 0.401. The highest BCUT2D eigenvalue weighted by Gasteiger charge is 2.23. The molecule has 0 aliphatic carbocycles. The topological polar surface area (TPSA) is 76.4 Å². The Morgan fingerprint density at radius 2 is 2.11 bits per heavy atom. The first-order chi connectivity index (χ1) is 8.62. The van der Waals surface area contributed by atoms with E-state index in [9.17, 15) is 9.59 Å². The number of rotatable bonds is 5. The Morgan fingerprint density at radius 1 is 1.39 bits per heavy atom. The summed E-state index contributed by atoms with van der Waals surface area (Å²) in [6, 6.07) is 8.31. The Balaban J connectivity index is 2.81. The molecule has 1 aromatic rings. The zero-order chi connectivity index (χ0) is 13.5. The van der Waals surface area contributed by atoms with Gasteiger partial charge in [-0.1, -0.05) is 12.1 Å². The van der Waals surface area contributed by atoms with Crippen LogP contribution in [0.5, 0.6) is 5.75 Å². The lowest BCUT2D eigenvalue weighted by molar-refractivity contribution is -0.143. The lowest BCUT2D eigenvalue weighted by atomic mass is 9.99. The lowest BCUT2D eigenvalue weighted by Crippen LogP contribution is -2.18. The minimum Gasteiger partial charge on any atom is -0.497 e. The van der Waals surface area contributed by atoms with Gasteiger partial charge < -0.3 is 9.47 Å². The van der Waals surface area contributed by atoms with Crippen molar-refractivity contribution in [3.05, 3.63) is 29.8 Å². The summed E-state index contributed by atoms with van der Waals surface area (Å²) < 4.78 is 9.44. The van der Waals surface area contributed by atoms with Crippen molar-refractivity contribution in [1.82, 2.24) is 0 Å². The Kier molecular flexibility index (Phi) is 4.88. The number of nitriles is 1. The van der Waals surface area contributed by atoms with Crippen LogP contribution < -0.4 is 4.74 Å². The first-order valence-electron chi connectivity index (χ1n) is 5.27. The van der Waals surface area contributed by atoms with Crippen molar-refractivity contribution in [2.24, 2.45) is 5.92 Å². The minimum absolute atomic E-state index is 0.198. The molecule has 5 heteroatoms. The van der Waals surface area contributed by atoms with E-state index in [-0.39, 0.29) is 12.2 Å². The molecule has 0 aliphatic rings. The third kappa shape index (κ3) is 3.32. The van der Waals surface area contributed by atoms with Crippen molar-refractivity contribution >= 4 is 11.8 Å². The van der Waals surface area contributed by atoms with Crippen LogP contribution >= 0.6 is 0 Å². The van der Waals surface area contributed by atoms with Crippen LogP contribution in [0.1, 0.15) is 16.8 Å². The number of carbonyl (C=O) groups excluding carboxylic acids is 2. The fourth-order valence-corrected chi connectivity index (χ4v) is 1.42. The summed E-state index contributed by atoms with van der Waals surface area (Å²) in [7, 11) is 2.68. The minimum atomic E-state index is -1.08. The van der Waals surface area contributed by atoms with Gasteiger partial charge in [-0.3, -0.25) is 9.59 Å². The van der Waals surface area contributed by atoms with Crippen molar-refractivity contribution in [3.63, 3.8) is 0 Å². The number of hydrogen-bond donors (Lipinski definition) is 0. The molecule has 0 saturated carbocycles. The van der Waals surface area contributed by atoms with Gasteiger partial charge in [-0.25, -0.2) is 0 Å². The maximum atomic E-state index is 11.9. The van der Waals surface area contributed by atoms with E-state index in [4.69, 9.17) is 10.00 Å². The number of carbonyl (C=O) groups is 2. The van der Waals surface area contributed by atoms with E-state index in [1.165, 1.54) is 14.2 Å². The number of nitrogens with zero attached hydrogens (tertiary/aromatic N) is 1. The molecule has 0 radical (unpaired) electrons. The molecule has 5 nitrogen and oxygen atoms in total. The van der Waals surface area contributed by atoms with Crippen LogP contribution in [0.4, 0.5) is 0 Å². The van der Waals surface area contributed by atoms with E-state index in [0.29, 0.717) is 11.3 Å². The van der Waals surface area contributed by atoms with Gasteiger partial charge >= 0.3 is 5.97 Å². The van der Waals surface area contributed by atoms with Crippen molar-refractivity contribution in [2.45, 2.75) is 6.42 Å². The number of ether oxygens (including phenoxy) is 2. The Morgan fingerprint density at radius 3 is 2.67 bits per heavy atom. The van der Waals surface area contributed by atoms with Gasteiger partial charge in [0.25, 0.3) is 0 Å². The molecule has 0 aliphatic heterocycles. The Bertz CT molecular complexity index is 490. The third-order valence-corrected chi connectivity index (χ3v) is 2.42. The van der Waals surface area contributed by atoms with Crippen LogP contribution in [0.2, 0.25) is 0 Å². The second-order valence-corrected chi connectivity index (χ2v) is 3.56. The predicted molar refractivity (Wildman–Crippen MR) is 63.1 cm³/mol. The highest BCUT2D eigenvalue weighted by atomic mass is 16.5. The number of ketones is 1. The maximum absolute atomic E-state index is 11.9. The van der Waals surface area contributed by atoms with Gasteiger partial charge in [0, 0.05) is 12.0 Å². The molecular weight excluding hydrogens is 234 g/mol. The highest BCUT2D eigenvalue weighted by molar-refractivity contribution is 5.98. The molecule has 0 aromatic heterocycles. The second kappa shape index (κ2) is 6.40. The average molecular weight is 247 g/mol. The van der Waals surface area contributed by atoms with E-state index in [1.807, 2.05) is 0 Å². The molecule has 94 valence electrons. The summed E-state index contributed by atoms with van der Waals surface area (Å²) in [4.78, 5) is 23.1. The van der Waals surface area contributed by atoms with Gasteiger partial charge in [0.05, 0.1) is 20.3 Å². The van der Waals surface area contributed by atoms with Crippen LogP contribution in [0.25, 0.3) is 0 Å². The van der Waals surface area contributed by atoms with E-state index in [2.05, 4.69) is 4.74 Å². The van der Waals surface area contributed by atoms with Crippen LogP contribution in [0, 0.1) is 17.2 Å². The predicted octanol–water partition coefficient (Wildman–Crippen LogP) is 1.58. The zero-order valence-corrected chi connectivity index (χ0v) is 10.2. The smallest absolute Gasteiger partial charge is 0.323 e. The number of Topliss-reactive ketones (excluding diaryl/α,β-unsaturated/α-hetero) is 1. The molecule has 1 unspecified atom stereocenters. The molecular formula is C13H13NO4. The van der Waals surface area contributed by atoms with Gasteiger partial charge in [-0.2, -0.15) is 5.26 Å². The summed E-state index contributed by atoms with van der Waals surface area (Å²) in [6.45, 7) is 0. The molecule has 0 N–H and O–H groups in total. The Hall–Kier alpha value is -2.35. The monoisotopic (exact) mass is 247 g/mol. The fourth-order valence-electron chi connectivity index (χ4n) is 1.42.